The minimum Gasteiger partial charge on any atom is -0.457 e. The first kappa shape index (κ1) is 33.9. The van der Waals surface area contributed by atoms with Gasteiger partial charge >= 0.3 is 0 Å². The van der Waals surface area contributed by atoms with Crippen LogP contribution in [0.25, 0.3) is 55.1 Å². The van der Waals surface area contributed by atoms with Crippen molar-refractivity contribution in [1.82, 2.24) is 19.1 Å². The van der Waals surface area contributed by atoms with E-state index in [1.54, 1.807) is 0 Å². The molecule has 0 saturated heterocycles. The quantitative estimate of drug-likeness (QED) is 0.169. The van der Waals surface area contributed by atoms with E-state index in [0.717, 1.165) is 62.3 Å². The summed E-state index contributed by atoms with van der Waals surface area (Å²) in [5.41, 5.74) is 10.1. The summed E-state index contributed by atoms with van der Waals surface area (Å²) in [6.45, 7) is 7.31. The third-order valence-electron chi connectivity index (χ3n) is 11.4. The SMILES string of the molecule is CC(C)(C)c1ccnc(-n2c3ccccc3c3ccc(Oc4cccc(N5CN(c6ccc7c(c6)c6ccccc6n7-c6ccccc6)c6cccnc65)c4)cc32)c1. The van der Waals surface area contributed by atoms with Crippen molar-refractivity contribution in [2.24, 2.45) is 0 Å². The molecule has 0 amide bonds. The van der Waals surface area contributed by atoms with Gasteiger partial charge < -0.3 is 19.1 Å². The summed E-state index contributed by atoms with van der Waals surface area (Å²) in [4.78, 5) is 14.4. The largest absolute Gasteiger partial charge is 0.457 e. The number of hydrogen-bond donors (Lipinski definition) is 0. The highest BCUT2D eigenvalue weighted by atomic mass is 16.5. The molecule has 6 aromatic carbocycles. The van der Waals surface area contributed by atoms with E-state index >= 15 is 0 Å². The Hall–Kier alpha value is -7.38. The van der Waals surface area contributed by atoms with Gasteiger partial charge in [-0.2, -0.15) is 0 Å². The van der Waals surface area contributed by atoms with E-state index in [0.29, 0.717) is 6.67 Å². The molecule has 0 atom stereocenters. The Morgan fingerprint density at radius 1 is 0.466 bits per heavy atom. The molecular weight excluding hydrogens is 713 g/mol. The number of anilines is 4. The number of hydrogen-bond acceptors (Lipinski definition) is 5. The molecule has 0 bridgehead atoms. The Balaban J connectivity index is 0.944. The lowest BCUT2D eigenvalue weighted by molar-refractivity contribution is 0.483. The normalized spacial score (nSPS) is 12.9. The molecule has 0 unspecified atom stereocenters. The molecule has 0 N–H and O–H groups in total. The van der Waals surface area contributed by atoms with Crippen LogP contribution >= 0.6 is 0 Å². The third kappa shape index (κ3) is 5.50. The van der Waals surface area contributed by atoms with E-state index in [-0.39, 0.29) is 5.41 Å². The average molecular weight is 753 g/mol. The van der Waals surface area contributed by atoms with Crippen molar-refractivity contribution >= 4 is 66.5 Å². The Labute approximate surface area is 336 Å². The van der Waals surface area contributed by atoms with Gasteiger partial charge in [-0.05, 0) is 102 Å². The Morgan fingerprint density at radius 2 is 1.16 bits per heavy atom. The van der Waals surface area contributed by atoms with E-state index in [1.807, 2.05) is 24.5 Å². The molecule has 0 aliphatic carbocycles. The first-order valence-corrected chi connectivity index (χ1v) is 19.8. The lowest BCUT2D eigenvalue weighted by Crippen LogP contribution is -2.24. The third-order valence-corrected chi connectivity index (χ3v) is 11.4. The molecule has 7 heteroatoms. The maximum Gasteiger partial charge on any atom is 0.158 e. The highest BCUT2D eigenvalue weighted by molar-refractivity contribution is 6.11. The van der Waals surface area contributed by atoms with Gasteiger partial charge in [0, 0.05) is 63.1 Å². The van der Waals surface area contributed by atoms with Gasteiger partial charge in [0.25, 0.3) is 0 Å². The lowest BCUT2D eigenvalue weighted by Gasteiger charge is -2.22. The van der Waals surface area contributed by atoms with E-state index < -0.39 is 0 Å². The molecular formula is C51H40N6O. The van der Waals surface area contributed by atoms with E-state index in [1.165, 1.54) is 32.8 Å². The zero-order valence-electron chi connectivity index (χ0n) is 32.5. The summed E-state index contributed by atoms with van der Waals surface area (Å²) in [5, 5.41) is 4.77. The molecule has 10 aromatic rings. The summed E-state index contributed by atoms with van der Waals surface area (Å²) >= 11 is 0. The van der Waals surface area contributed by atoms with Gasteiger partial charge in [0.2, 0.25) is 0 Å². The highest BCUT2D eigenvalue weighted by Crippen LogP contribution is 2.45. The first-order chi connectivity index (χ1) is 28.4. The van der Waals surface area contributed by atoms with Crippen molar-refractivity contribution in [2.75, 3.05) is 16.5 Å². The van der Waals surface area contributed by atoms with Gasteiger partial charge in [-0.15, -0.1) is 0 Å². The van der Waals surface area contributed by atoms with Gasteiger partial charge in [-0.3, -0.25) is 4.57 Å². The predicted octanol–water partition coefficient (Wildman–Crippen LogP) is 13.0. The summed E-state index contributed by atoms with van der Waals surface area (Å²) in [7, 11) is 0. The minimum atomic E-state index is -0.00399. The number of pyridine rings is 2. The molecule has 0 fully saturated rings. The van der Waals surface area contributed by atoms with Crippen LogP contribution in [0.2, 0.25) is 0 Å². The molecule has 7 nitrogen and oxygen atoms in total. The summed E-state index contributed by atoms with van der Waals surface area (Å²) in [5.74, 6) is 3.30. The smallest absolute Gasteiger partial charge is 0.158 e. The minimum absolute atomic E-state index is 0.00399. The molecule has 0 spiro atoms. The molecule has 11 rings (SSSR count). The maximum atomic E-state index is 6.68. The van der Waals surface area contributed by atoms with Crippen molar-refractivity contribution in [3.8, 4) is 23.0 Å². The van der Waals surface area contributed by atoms with E-state index in [9.17, 15) is 0 Å². The van der Waals surface area contributed by atoms with Crippen molar-refractivity contribution in [2.45, 2.75) is 26.2 Å². The molecule has 1 aliphatic rings. The topological polar surface area (TPSA) is 51.4 Å². The summed E-state index contributed by atoms with van der Waals surface area (Å²) < 4.78 is 11.3. The number of nitrogens with zero attached hydrogens (tertiary/aromatic N) is 6. The number of rotatable bonds is 6. The molecule has 5 heterocycles. The zero-order valence-corrected chi connectivity index (χ0v) is 32.5. The van der Waals surface area contributed by atoms with Crippen LogP contribution in [0.1, 0.15) is 26.3 Å². The van der Waals surface area contributed by atoms with Gasteiger partial charge in [-0.25, -0.2) is 9.97 Å². The lowest BCUT2D eigenvalue weighted by atomic mass is 9.88. The second-order valence-electron chi connectivity index (χ2n) is 16.0. The molecule has 0 radical (unpaired) electrons. The Morgan fingerprint density at radius 3 is 1.98 bits per heavy atom. The standard InChI is InChI=1S/C51H40N6O/c1-51(2,3)34-26-28-52-49(29-34)57-45-20-10-7-17-40(45)42-24-23-39(32-48(42)57)58-38-16-11-15-36(30-38)55-33-54(47-21-12-27-53-50(47)55)37-22-25-46-43(31-37)41-18-8-9-19-44(41)56(46)35-13-5-4-6-14-35/h4-32H,33H2,1-3H3. The highest BCUT2D eigenvalue weighted by Gasteiger charge is 2.30. The second kappa shape index (κ2) is 13.1. The summed E-state index contributed by atoms with van der Waals surface area (Å²) in [6, 6.07) is 57.7. The predicted molar refractivity (Wildman–Crippen MR) is 238 cm³/mol. The van der Waals surface area contributed by atoms with Crippen LogP contribution in [-0.2, 0) is 5.41 Å². The molecule has 0 saturated carbocycles. The Bertz CT molecular complexity index is 3190. The molecule has 4 aromatic heterocycles. The van der Waals surface area contributed by atoms with E-state index in [2.05, 4.69) is 191 Å². The van der Waals surface area contributed by atoms with Gasteiger partial charge in [0.1, 0.15) is 24.0 Å². The fourth-order valence-electron chi connectivity index (χ4n) is 8.62. The number of fused-ring (bicyclic) bond motifs is 7. The van der Waals surface area contributed by atoms with Gasteiger partial charge in [-0.1, -0.05) is 81.4 Å². The van der Waals surface area contributed by atoms with Crippen LogP contribution in [0.15, 0.2) is 176 Å². The number of para-hydroxylation sites is 3. The summed E-state index contributed by atoms with van der Waals surface area (Å²) in [6.07, 6.45) is 3.78. The van der Waals surface area contributed by atoms with Crippen LogP contribution in [0.4, 0.5) is 22.9 Å². The van der Waals surface area contributed by atoms with Gasteiger partial charge in [0.15, 0.2) is 5.82 Å². The number of ether oxygens (including phenoxy) is 1. The molecule has 58 heavy (non-hydrogen) atoms. The first-order valence-electron chi connectivity index (χ1n) is 19.8. The number of benzene rings is 6. The zero-order chi connectivity index (χ0) is 39.0. The van der Waals surface area contributed by atoms with Crippen molar-refractivity contribution < 1.29 is 4.74 Å². The maximum absolute atomic E-state index is 6.68. The van der Waals surface area contributed by atoms with Crippen molar-refractivity contribution in [3.05, 3.63) is 182 Å². The van der Waals surface area contributed by atoms with Crippen LogP contribution in [0.5, 0.6) is 11.5 Å². The van der Waals surface area contributed by atoms with Crippen LogP contribution in [0.3, 0.4) is 0 Å². The number of aromatic nitrogens is 4. The van der Waals surface area contributed by atoms with Crippen LogP contribution < -0.4 is 14.5 Å². The van der Waals surface area contributed by atoms with Crippen molar-refractivity contribution in [1.29, 1.82) is 0 Å². The van der Waals surface area contributed by atoms with Crippen molar-refractivity contribution in [3.63, 3.8) is 0 Å². The Kier molecular flexibility index (Phi) is 7.66. The monoisotopic (exact) mass is 752 g/mol. The molecule has 1 aliphatic heterocycles. The van der Waals surface area contributed by atoms with E-state index in [4.69, 9.17) is 14.7 Å². The van der Waals surface area contributed by atoms with Crippen LogP contribution in [0, 0.1) is 0 Å². The fourth-order valence-corrected chi connectivity index (χ4v) is 8.62. The van der Waals surface area contributed by atoms with Gasteiger partial charge in [0.05, 0.1) is 27.8 Å². The second-order valence-corrected chi connectivity index (χ2v) is 16.0. The fraction of sp³-hybridized carbons (Fsp3) is 0.0980. The van der Waals surface area contributed by atoms with Crippen LogP contribution in [-0.4, -0.2) is 25.8 Å². The molecule has 280 valence electrons. The average Bonchev–Trinajstić information content (AvgIpc) is 3.92.